The first-order valence-corrected chi connectivity index (χ1v) is 7.82. The normalized spacial score (nSPS) is 27.9. The van der Waals surface area contributed by atoms with E-state index in [0.717, 1.165) is 30.7 Å². The summed E-state index contributed by atoms with van der Waals surface area (Å²) in [6, 6.07) is 2.85. The number of hydrogen-bond donors (Lipinski definition) is 1. The van der Waals surface area contributed by atoms with Gasteiger partial charge in [-0.2, -0.15) is 5.10 Å². The van der Waals surface area contributed by atoms with Gasteiger partial charge in [0, 0.05) is 19.3 Å². The van der Waals surface area contributed by atoms with E-state index in [2.05, 4.69) is 43.4 Å². The van der Waals surface area contributed by atoms with Crippen molar-refractivity contribution in [3.8, 4) is 0 Å². The first-order chi connectivity index (χ1) is 9.10. The predicted octanol–water partition coefficient (Wildman–Crippen LogP) is 3.01. The fourth-order valence-electron chi connectivity index (χ4n) is 3.50. The summed E-state index contributed by atoms with van der Waals surface area (Å²) in [6.45, 7) is 8.04. The summed E-state index contributed by atoms with van der Waals surface area (Å²) in [5.74, 6) is 2.45. The van der Waals surface area contributed by atoms with Crippen molar-refractivity contribution >= 4 is 0 Å². The molecule has 108 valence electrons. The van der Waals surface area contributed by atoms with Crippen LogP contribution in [0.25, 0.3) is 0 Å². The minimum Gasteiger partial charge on any atom is -0.314 e. The molecule has 3 atom stereocenters. The van der Waals surface area contributed by atoms with Crippen LogP contribution in [0.1, 0.15) is 45.7 Å². The number of hydrogen-bond acceptors (Lipinski definition) is 2. The molecule has 0 aliphatic heterocycles. The van der Waals surface area contributed by atoms with Gasteiger partial charge >= 0.3 is 0 Å². The van der Waals surface area contributed by atoms with Gasteiger partial charge in [0.15, 0.2) is 0 Å². The van der Waals surface area contributed by atoms with E-state index in [4.69, 9.17) is 0 Å². The summed E-state index contributed by atoms with van der Waals surface area (Å²) in [7, 11) is 2.00. The summed E-state index contributed by atoms with van der Waals surface area (Å²) in [5.41, 5.74) is 1.25. The van der Waals surface area contributed by atoms with Gasteiger partial charge < -0.3 is 5.32 Å². The van der Waals surface area contributed by atoms with Crippen molar-refractivity contribution in [1.82, 2.24) is 15.1 Å². The first-order valence-electron chi connectivity index (χ1n) is 7.82. The molecule has 0 amide bonds. The molecule has 1 aliphatic rings. The minimum atomic E-state index is 0.682. The Balaban J connectivity index is 2.02. The maximum Gasteiger partial charge on any atom is 0.0627 e. The zero-order chi connectivity index (χ0) is 13.8. The molecule has 1 heterocycles. The lowest BCUT2D eigenvalue weighted by atomic mass is 9.72. The van der Waals surface area contributed by atoms with Crippen LogP contribution < -0.4 is 5.32 Å². The molecule has 3 heteroatoms. The summed E-state index contributed by atoms with van der Waals surface area (Å²) in [5, 5.41) is 8.24. The molecule has 0 spiro atoms. The van der Waals surface area contributed by atoms with Crippen LogP contribution in [0, 0.1) is 17.8 Å². The van der Waals surface area contributed by atoms with Gasteiger partial charge in [-0.15, -0.1) is 0 Å². The van der Waals surface area contributed by atoms with Crippen LogP contribution in [0.2, 0.25) is 0 Å². The molecule has 3 nitrogen and oxygen atoms in total. The Morgan fingerprint density at radius 1 is 1.42 bits per heavy atom. The van der Waals surface area contributed by atoms with Crippen molar-refractivity contribution in [3.63, 3.8) is 0 Å². The smallest absolute Gasteiger partial charge is 0.0627 e. The fraction of sp³-hybridized carbons (Fsp3) is 0.812. The third kappa shape index (κ3) is 3.82. The van der Waals surface area contributed by atoms with E-state index in [-0.39, 0.29) is 0 Å². The Bertz CT molecular complexity index is 383. The van der Waals surface area contributed by atoms with Crippen LogP contribution in [-0.2, 0) is 13.5 Å². The lowest BCUT2D eigenvalue weighted by Gasteiger charge is -2.38. The fourth-order valence-corrected chi connectivity index (χ4v) is 3.50. The van der Waals surface area contributed by atoms with Gasteiger partial charge in [0.05, 0.1) is 5.69 Å². The van der Waals surface area contributed by atoms with Crippen molar-refractivity contribution in [2.45, 2.75) is 52.5 Å². The van der Waals surface area contributed by atoms with E-state index in [9.17, 15) is 0 Å². The van der Waals surface area contributed by atoms with Gasteiger partial charge in [-0.05, 0) is 56.0 Å². The molecule has 0 radical (unpaired) electrons. The van der Waals surface area contributed by atoms with E-state index in [1.165, 1.54) is 25.0 Å². The van der Waals surface area contributed by atoms with Crippen molar-refractivity contribution in [1.29, 1.82) is 0 Å². The molecule has 3 unspecified atom stereocenters. The molecular formula is C16H29N3. The monoisotopic (exact) mass is 263 g/mol. The van der Waals surface area contributed by atoms with Crippen LogP contribution in [-0.4, -0.2) is 22.4 Å². The zero-order valence-electron chi connectivity index (χ0n) is 12.9. The van der Waals surface area contributed by atoms with Crippen molar-refractivity contribution in [2.75, 3.05) is 6.54 Å². The van der Waals surface area contributed by atoms with Crippen LogP contribution in [0.3, 0.4) is 0 Å². The second kappa shape index (κ2) is 6.56. The number of rotatable bonds is 5. The summed E-state index contributed by atoms with van der Waals surface area (Å²) in [4.78, 5) is 0. The Morgan fingerprint density at radius 2 is 2.21 bits per heavy atom. The highest BCUT2D eigenvalue weighted by molar-refractivity contribution is 5.02. The third-order valence-corrected chi connectivity index (χ3v) is 4.67. The quantitative estimate of drug-likeness (QED) is 0.885. The number of aromatic nitrogens is 2. The molecule has 19 heavy (non-hydrogen) atoms. The van der Waals surface area contributed by atoms with Crippen molar-refractivity contribution < 1.29 is 0 Å². The van der Waals surface area contributed by atoms with E-state index < -0.39 is 0 Å². The summed E-state index contributed by atoms with van der Waals surface area (Å²) >= 11 is 0. The molecule has 0 aromatic carbocycles. The molecule has 1 fully saturated rings. The molecule has 1 aliphatic carbocycles. The second-order valence-corrected chi connectivity index (χ2v) is 6.43. The third-order valence-electron chi connectivity index (χ3n) is 4.67. The summed E-state index contributed by atoms with van der Waals surface area (Å²) < 4.78 is 1.92. The van der Waals surface area contributed by atoms with Crippen LogP contribution in [0.4, 0.5) is 0 Å². The highest BCUT2D eigenvalue weighted by Crippen LogP contribution is 2.35. The van der Waals surface area contributed by atoms with Gasteiger partial charge in [-0.3, -0.25) is 4.68 Å². The van der Waals surface area contributed by atoms with Crippen LogP contribution >= 0.6 is 0 Å². The minimum absolute atomic E-state index is 0.682. The van der Waals surface area contributed by atoms with Gasteiger partial charge in [0.1, 0.15) is 0 Å². The Labute approximate surface area is 117 Å². The number of nitrogens with one attached hydrogen (secondary N) is 1. The topological polar surface area (TPSA) is 29.9 Å². The lowest BCUT2D eigenvalue weighted by molar-refractivity contribution is 0.168. The molecule has 0 bridgehead atoms. The van der Waals surface area contributed by atoms with Gasteiger partial charge in [-0.1, -0.05) is 20.8 Å². The van der Waals surface area contributed by atoms with E-state index >= 15 is 0 Å². The molecule has 2 rings (SSSR count). The van der Waals surface area contributed by atoms with Crippen molar-refractivity contribution in [2.24, 2.45) is 24.8 Å². The molecule has 1 N–H and O–H groups in total. The van der Waals surface area contributed by atoms with Gasteiger partial charge in [-0.25, -0.2) is 0 Å². The second-order valence-electron chi connectivity index (χ2n) is 6.43. The SMILES string of the molecule is CCNC1CCC(C(C)C)CC1Cc1ccn(C)n1. The maximum absolute atomic E-state index is 4.56. The summed E-state index contributed by atoms with van der Waals surface area (Å²) in [6.07, 6.45) is 7.25. The molecular weight excluding hydrogens is 234 g/mol. The Morgan fingerprint density at radius 3 is 2.79 bits per heavy atom. The van der Waals surface area contributed by atoms with E-state index in [0.29, 0.717) is 6.04 Å². The first kappa shape index (κ1) is 14.6. The van der Waals surface area contributed by atoms with Crippen LogP contribution in [0.15, 0.2) is 12.3 Å². The molecule has 1 aromatic rings. The van der Waals surface area contributed by atoms with Gasteiger partial charge in [0.25, 0.3) is 0 Å². The van der Waals surface area contributed by atoms with E-state index in [1.807, 2.05) is 11.7 Å². The predicted molar refractivity (Wildman–Crippen MR) is 80.0 cm³/mol. The highest BCUT2D eigenvalue weighted by atomic mass is 15.2. The Hall–Kier alpha value is -0.830. The van der Waals surface area contributed by atoms with E-state index in [1.54, 1.807) is 0 Å². The van der Waals surface area contributed by atoms with Crippen LogP contribution in [0.5, 0.6) is 0 Å². The highest BCUT2D eigenvalue weighted by Gasteiger charge is 2.31. The molecule has 1 saturated carbocycles. The lowest BCUT2D eigenvalue weighted by Crippen LogP contribution is -2.42. The zero-order valence-corrected chi connectivity index (χ0v) is 12.9. The molecule has 0 saturated heterocycles. The average molecular weight is 263 g/mol. The largest absolute Gasteiger partial charge is 0.314 e. The standard InChI is InChI=1S/C16H29N3/c1-5-17-16-7-6-13(12(2)3)10-14(16)11-15-8-9-19(4)18-15/h8-9,12-14,16-17H,5-7,10-11H2,1-4H3. The number of aryl methyl sites for hydroxylation is 1. The van der Waals surface area contributed by atoms with Gasteiger partial charge in [0.2, 0.25) is 0 Å². The molecule has 1 aromatic heterocycles. The average Bonchev–Trinajstić information content (AvgIpc) is 2.77. The Kier molecular flexibility index (Phi) is 5.03. The van der Waals surface area contributed by atoms with Crippen molar-refractivity contribution in [3.05, 3.63) is 18.0 Å². The maximum atomic E-state index is 4.56. The number of nitrogens with zero attached hydrogens (tertiary/aromatic N) is 2.